The van der Waals surface area contributed by atoms with Crippen molar-refractivity contribution in [2.45, 2.75) is 46.2 Å². The van der Waals surface area contributed by atoms with Crippen LogP contribution < -0.4 is 5.32 Å². The molecule has 0 aliphatic carbocycles. The van der Waals surface area contributed by atoms with Crippen LogP contribution in [0.4, 0.5) is 0 Å². The van der Waals surface area contributed by atoms with E-state index in [0.717, 1.165) is 11.3 Å². The van der Waals surface area contributed by atoms with E-state index in [9.17, 15) is 9.59 Å². The lowest BCUT2D eigenvalue weighted by atomic mass is 10.1. The van der Waals surface area contributed by atoms with Gasteiger partial charge in [0.25, 0.3) is 5.91 Å². The highest BCUT2D eigenvalue weighted by atomic mass is 16.4. The van der Waals surface area contributed by atoms with E-state index in [2.05, 4.69) is 31.2 Å². The van der Waals surface area contributed by atoms with Crippen molar-refractivity contribution < 1.29 is 14.7 Å². The fourth-order valence-electron chi connectivity index (χ4n) is 2.39. The lowest BCUT2D eigenvalue weighted by molar-refractivity contribution is 0.0697. The average molecular weight is 329 g/mol. The molecular formula is C18H23N3O3. The van der Waals surface area contributed by atoms with Crippen molar-refractivity contribution in [2.75, 3.05) is 0 Å². The number of hydrogen-bond acceptors (Lipinski definition) is 3. The third-order valence-electron chi connectivity index (χ3n) is 3.81. The van der Waals surface area contributed by atoms with Crippen molar-refractivity contribution in [3.8, 4) is 0 Å². The van der Waals surface area contributed by atoms with Crippen molar-refractivity contribution in [2.24, 2.45) is 0 Å². The van der Waals surface area contributed by atoms with Gasteiger partial charge in [-0.2, -0.15) is 5.10 Å². The fraction of sp³-hybridized carbons (Fsp3) is 0.389. The van der Waals surface area contributed by atoms with Crippen LogP contribution in [0.3, 0.4) is 0 Å². The van der Waals surface area contributed by atoms with Crippen LogP contribution >= 0.6 is 0 Å². The zero-order valence-corrected chi connectivity index (χ0v) is 14.6. The van der Waals surface area contributed by atoms with Gasteiger partial charge in [0.05, 0.1) is 22.8 Å². The molecule has 0 spiro atoms. The maximum Gasteiger partial charge on any atom is 0.335 e. The fourth-order valence-corrected chi connectivity index (χ4v) is 2.39. The Morgan fingerprint density at radius 2 is 1.88 bits per heavy atom. The Morgan fingerprint density at radius 3 is 2.42 bits per heavy atom. The molecule has 0 fully saturated rings. The molecule has 6 heteroatoms. The number of rotatable bonds is 4. The van der Waals surface area contributed by atoms with Gasteiger partial charge >= 0.3 is 5.97 Å². The lowest BCUT2D eigenvalue weighted by Gasteiger charge is -2.19. The quantitative estimate of drug-likeness (QED) is 0.902. The Hall–Kier alpha value is -2.63. The molecule has 0 saturated carbocycles. The minimum atomic E-state index is -1.06. The molecule has 1 heterocycles. The highest BCUT2D eigenvalue weighted by molar-refractivity contribution is 5.97. The normalized spacial score (nSPS) is 12.7. The predicted octanol–water partition coefficient (Wildman–Crippen LogP) is 3.14. The number of carbonyl (C=O) groups excluding carboxylic acids is 1. The minimum absolute atomic E-state index is 0.0898. The van der Waals surface area contributed by atoms with Crippen molar-refractivity contribution in [1.29, 1.82) is 0 Å². The number of nitrogens with one attached hydrogen (secondary N) is 1. The van der Waals surface area contributed by atoms with E-state index >= 15 is 0 Å². The molecule has 0 unspecified atom stereocenters. The number of aryl methyl sites for hydroxylation is 1. The van der Waals surface area contributed by atoms with Gasteiger partial charge in [-0.05, 0) is 52.8 Å². The number of carboxylic acid groups (broad SMARTS) is 1. The Labute approximate surface area is 141 Å². The molecule has 24 heavy (non-hydrogen) atoms. The van der Waals surface area contributed by atoms with Crippen molar-refractivity contribution >= 4 is 11.9 Å². The first-order valence-electron chi connectivity index (χ1n) is 7.80. The van der Waals surface area contributed by atoms with Crippen molar-refractivity contribution in [3.63, 3.8) is 0 Å². The van der Waals surface area contributed by atoms with Crippen LogP contribution in [-0.2, 0) is 5.54 Å². The zero-order valence-electron chi connectivity index (χ0n) is 14.6. The Bertz CT molecular complexity index is 772. The number of carboxylic acids is 1. The Kier molecular flexibility index (Phi) is 4.78. The molecule has 2 aromatic rings. The molecule has 1 aromatic heterocycles. The first kappa shape index (κ1) is 17.7. The monoisotopic (exact) mass is 329 g/mol. The van der Waals surface area contributed by atoms with E-state index in [1.165, 1.54) is 12.1 Å². The second-order valence-corrected chi connectivity index (χ2v) is 6.87. The molecule has 1 aromatic carbocycles. The summed E-state index contributed by atoms with van der Waals surface area (Å²) in [6.07, 6.45) is 1.94. The van der Waals surface area contributed by atoms with Crippen LogP contribution in [0.2, 0.25) is 0 Å². The van der Waals surface area contributed by atoms with Crippen LogP contribution in [0.5, 0.6) is 0 Å². The van der Waals surface area contributed by atoms with E-state index in [0.29, 0.717) is 5.56 Å². The third kappa shape index (κ3) is 3.82. The second-order valence-electron chi connectivity index (χ2n) is 6.87. The Balaban J connectivity index is 2.19. The van der Waals surface area contributed by atoms with E-state index < -0.39 is 5.97 Å². The summed E-state index contributed by atoms with van der Waals surface area (Å²) >= 11 is 0. The van der Waals surface area contributed by atoms with Gasteiger partial charge in [-0.1, -0.05) is 6.07 Å². The smallest absolute Gasteiger partial charge is 0.335 e. The van der Waals surface area contributed by atoms with Crippen LogP contribution in [0.1, 0.15) is 65.7 Å². The largest absolute Gasteiger partial charge is 0.478 e. The molecule has 0 aliphatic rings. The molecule has 1 amide bonds. The number of amides is 1. The van der Waals surface area contributed by atoms with Crippen LogP contribution in [0.15, 0.2) is 30.5 Å². The summed E-state index contributed by atoms with van der Waals surface area (Å²) in [5.41, 5.74) is 2.07. The van der Waals surface area contributed by atoms with Gasteiger partial charge in [-0.25, -0.2) is 4.79 Å². The maximum absolute atomic E-state index is 12.4. The summed E-state index contributed by atoms with van der Waals surface area (Å²) in [5.74, 6) is -1.37. The maximum atomic E-state index is 12.4. The second kappa shape index (κ2) is 6.47. The number of hydrogen-bond donors (Lipinski definition) is 2. The first-order valence-corrected chi connectivity index (χ1v) is 7.80. The third-order valence-corrected chi connectivity index (χ3v) is 3.81. The summed E-state index contributed by atoms with van der Waals surface area (Å²) in [5, 5.41) is 16.4. The molecule has 128 valence electrons. The number of nitrogens with zero attached hydrogens (tertiary/aromatic N) is 2. The summed E-state index contributed by atoms with van der Waals surface area (Å²) < 4.78 is 1.88. The highest BCUT2D eigenvalue weighted by Gasteiger charge is 2.20. The van der Waals surface area contributed by atoms with E-state index in [4.69, 9.17) is 5.11 Å². The lowest BCUT2D eigenvalue weighted by Crippen LogP contribution is -2.27. The van der Waals surface area contributed by atoms with Crippen molar-refractivity contribution in [1.82, 2.24) is 15.1 Å². The van der Waals surface area contributed by atoms with Crippen LogP contribution in [0.25, 0.3) is 0 Å². The average Bonchev–Trinajstić information content (AvgIpc) is 2.89. The van der Waals surface area contributed by atoms with Crippen molar-refractivity contribution in [3.05, 3.63) is 52.8 Å². The van der Waals surface area contributed by atoms with E-state index in [1.54, 1.807) is 12.1 Å². The topological polar surface area (TPSA) is 84.2 Å². The van der Waals surface area contributed by atoms with Crippen LogP contribution in [-0.4, -0.2) is 26.8 Å². The first-order chi connectivity index (χ1) is 11.1. The molecule has 6 nitrogen and oxygen atoms in total. The molecule has 1 atom stereocenters. The molecule has 2 rings (SSSR count). The Morgan fingerprint density at radius 1 is 1.25 bits per heavy atom. The van der Waals surface area contributed by atoms with E-state index in [1.807, 2.05) is 24.7 Å². The number of benzene rings is 1. The summed E-state index contributed by atoms with van der Waals surface area (Å²) in [7, 11) is 0. The summed E-state index contributed by atoms with van der Waals surface area (Å²) in [4.78, 5) is 23.4. The van der Waals surface area contributed by atoms with Gasteiger partial charge in [0.1, 0.15) is 0 Å². The molecular weight excluding hydrogens is 306 g/mol. The van der Waals surface area contributed by atoms with Gasteiger partial charge in [0.2, 0.25) is 0 Å². The molecule has 0 radical (unpaired) electrons. The number of carbonyl (C=O) groups is 2. The molecule has 0 aliphatic heterocycles. The summed E-state index contributed by atoms with van der Waals surface area (Å²) in [6, 6.07) is 5.75. The van der Waals surface area contributed by atoms with Gasteiger partial charge in [0.15, 0.2) is 0 Å². The standard InChI is InChI=1S/C18H23N3O3/c1-11(15-10-21(18(3,4)5)20-12(15)2)19-16(22)13-7-6-8-14(9-13)17(23)24/h6-11H,1-5H3,(H,19,22)(H,23,24)/t11-/m0/s1. The van der Waals surface area contributed by atoms with Gasteiger partial charge in [-0.3, -0.25) is 9.48 Å². The molecule has 0 saturated heterocycles. The molecule has 0 bridgehead atoms. The van der Waals surface area contributed by atoms with Gasteiger partial charge in [0, 0.05) is 17.3 Å². The van der Waals surface area contributed by atoms with Gasteiger partial charge < -0.3 is 10.4 Å². The SMILES string of the molecule is Cc1nn(C(C)(C)C)cc1[C@H](C)NC(=O)c1cccc(C(=O)O)c1. The molecule has 2 N–H and O–H groups in total. The number of aromatic nitrogens is 2. The van der Waals surface area contributed by atoms with E-state index in [-0.39, 0.29) is 23.1 Å². The summed E-state index contributed by atoms with van der Waals surface area (Å²) in [6.45, 7) is 9.97. The predicted molar refractivity (Wildman–Crippen MR) is 91.2 cm³/mol. The zero-order chi connectivity index (χ0) is 18.1. The number of aromatic carboxylic acids is 1. The minimum Gasteiger partial charge on any atom is -0.478 e. The highest BCUT2D eigenvalue weighted by Crippen LogP contribution is 2.21. The van der Waals surface area contributed by atoms with Gasteiger partial charge in [-0.15, -0.1) is 0 Å². The van der Waals surface area contributed by atoms with Crippen LogP contribution in [0, 0.1) is 6.92 Å².